The Labute approximate surface area is 97.6 Å². The van der Waals surface area contributed by atoms with E-state index in [1.807, 2.05) is 24.3 Å². The average Bonchev–Trinajstić information content (AvgIpc) is 2.18. The number of rotatable bonds is 5. The number of halogens is 2. The molecule has 1 nitrogen and oxygen atoms in total. The highest BCUT2D eigenvalue weighted by Gasteiger charge is 2.02. The highest BCUT2D eigenvalue weighted by molar-refractivity contribution is 9.10. The number of ketones is 1. The first-order chi connectivity index (χ1) is 6.72. The van der Waals surface area contributed by atoms with Gasteiger partial charge in [0.25, 0.3) is 0 Å². The maximum Gasteiger partial charge on any atom is 0.137 e. The van der Waals surface area contributed by atoms with Crippen LogP contribution in [0.15, 0.2) is 28.7 Å². The van der Waals surface area contributed by atoms with E-state index in [0.717, 1.165) is 16.5 Å². The lowest BCUT2D eigenvalue weighted by atomic mass is 10.1. The van der Waals surface area contributed by atoms with Crippen molar-refractivity contribution in [3.8, 4) is 0 Å². The van der Waals surface area contributed by atoms with E-state index in [9.17, 15) is 4.79 Å². The molecule has 0 atom stereocenters. The van der Waals surface area contributed by atoms with Gasteiger partial charge in [-0.15, -0.1) is 11.6 Å². The third kappa shape index (κ3) is 4.25. The Bertz CT molecular complexity index is 295. The van der Waals surface area contributed by atoms with Gasteiger partial charge in [0.1, 0.15) is 5.78 Å². The summed E-state index contributed by atoms with van der Waals surface area (Å²) in [7, 11) is 0. The van der Waals surface area contributed by atoms with Gasteiger partial charge in [-0.2, -0.15) is 0 Å². The van der Waals surface area contributed by atoms with Gasteiger partial charge in [-0.05, 0) is 24.1 Å². The SMILES string of the molecule is O=C(CCCCl)Cc1ccc(Br)cc1. The molecule has 0 spiro atoms. The predicted molar refractivity (Wildman–Crippen MR) is 62.8 cm³/mol. The Balaban J connectivity index is 2.44. The molecule has 1 aromatic rings. The van der Waals surface area contributed by atoms with Crippen LogP contribution in [0.5, 0.6) is 0 Å². The summed E-state index contributed by atoms with van der Waals surface area (Å²) in [6.45, 7) is 0. The van der Waals surface area contributed by atoms with Crippen LogP contribution in [-0.2, 0) is 11.2 Å². The number of carbonyl (C=O) groups is 1. The number of hydrogen-bond donors (Lipinski definition) is 0. The van der Waals surface area contributed by atoms with E-state index in [1.54, 1.807) is 0 Å². The smallest absolute Gasteiger partial charge is 0.137 e. The fraction of sp³-hybridized carbons (Fsp3) is 0.364. The van der Waals surface area contributed by atoms with Crippen molar-refractivity contribution in [1.29, 1.82) is 0 Å². The van der Waals surface area contributed by atoms with Crippen molar-refractivity contribution in [2.75, 3.05) is 5.88 Å². The molecule has 0 unspecified atom stereocenters. The fourth-order valence-electron chi connectivity index (χ4n) is 1.18. The van der Waals surface area contributed by atoms with Crippen LogP contribution in [0.25, 0.3) is 0 Å². The molecule has 3 heteroatoms. The van der Waals surface area contributed by atoms with E-state index >= 15 is 0 Å². The molecular formula is C11H12BrClO. The first-order valence-electron chi connectivity index (χ1n) is 4.54. The van der Waals surface area contributed by atoms with Gasteiger partial charge in [0.05, 0.1) is 0 Å². The largest absolute Gasteiger partial charge is 0.299 e. The van der Waals surface area contributed by atoms with Crippen molar-refractivity contribution in [2.24, 2.45) is 0 Å². The molecule has 0 amide bonds. The van der Waals surface area contributed by atoms with Crippen LogP contribution in [0.2, 0.25) is 0 Å². The number of alkyl halides is 1. The second-order valence-corrected chi connectivity index (χ2v) is 4.43. The Hall–Kier alpha value is -0.340. The molecule has 76 valence electrons. The molecule has 0 aromatic heterocycles. The molecule has 14 heavy (non-hydrogen) atoms. The molecule has 0 aliphatic carbocycles. The standard InChI is InChI=1S/C11H12BrClO/c12-10-5-3-9(4-6-10)8-11(14)2-1-7-13/h3-6H,1-2,7-8H2. The third-order valence-electron chi connectivity index (χ3n) is 1.90. The second kappa shape index (κ2) is 6.20. The van der Waals surface area contributed by atoms with E-state index in [4.69, 9.17) is 11.6 Å². The first-order valence-corrected chi connectivity index (χ1v) is 5.87. The summed E-state index contributed by atoms with van der Waals surface area (Å²) in [6, 6.07) is 7.82. The van der Waals surface area contributed by atoms with Crippen molar-refractivity contribution < 1.29 is 4.79 Å². The van der Waals surface area contributed by atoms with E-state index < -0.39 is 0 Å². The molecule has 1 aromatic carbocycles. The average molecular weight is 276 g/mol. The van der Waals surface area contributed by atoms with Crippen LogP contribution in [-0.4, -0.2) is 11.7 Å². The highest BCUT2D eigenvalue weighted by atomic mass is 79.9. The minimum absolute atomic E-state index is 0.257. The van der Waals surface area contributed by atoms with Crippen LogP contribution in [0.4, 0.5) is 0 Å². The summed E-state index contributed by atoms with van der Waals surface area (Å²) in [5.41, 5.74) is 1.06. The monoisotopic (exact) mass is 274 g/mol. The molecule has 0 fully saturated rings. The second-order valence-electron chi connectivity index (χ2n) is 3.13. The van der Waals surface area contributed by atoms with Crippen molar-refractivity contribution in [3.05, 3.63) is 34.3 Å². The van der Waals surface area contributed by atoms with Gasteiger partial charge < -0.3 is 0 Å². The molecular weight excluding hydrogens is 263 g/mol. The minimum Gasteiger partial charge on any atom is -0.299 e. The number of hydrogen-bond acceptors (Lipinski definition) is 1. The fourth-order valence-corrected chi connectivity index (χ4v) is 1.58. The Morgan fingerprint density at radius 3 is 2.50 bits per heavy atom. The maximum atomic E-state index is 11.4. The number of Topliss-reactive ketones (excluding diaryl/α,β-unsaturated/α-hetero) is 1. The molecule has 0 radical (unpaired) electrons. The summed E-state index contributed by atoms with van der Waals surface area (Å²) in [6.07, 6.45) is 1.88. The summed E-state index contributed by atoms with van der Waals surface area (Å²) < 4.78 is 1.04. The maximum absolute atomic E-state index is 11.4. The van der Waals surface area contributed by atoms with Gasteiger partial charge in [-0.25, -0.2) is 0 Å². The van der Waals surface area contributed by atoms with E-state index in [1.165, 1.54) is 0 Å². The highest BCUT2D eigenvalue weighted by Crippen LogP contribution is 2.11. The van der Waals surface area contributed by atoms with Crippen LogP contribution >= 0.6 is 27.5 Å². The normalized spacial score (nSPS) is 10.1. The van der Waals surface area contributed by atoms with E-state index in [0.29, 0.717) is 18.7 Å². The summed E-state index contributed by atoms with van der Waals surface area (Å²) in [4.78, 5) is 11.4. The van der Waals surface area contributed by atoms with Crippen molar-refractivity contribution in [1.82, 2.24) is 0 Å². The zero-order valence-corrected chi connectivity index (χ0v) is 10.1. The predicted octanol–water partition coefficient (Wildman–Crippen LogP) is 3.58. The summed E-state index contributed by atoms with van der Waals surface area (Å²) in [5.74, 6) is 0.819. The number of carbonyl (C=O) groups excluding carboxylic acids is 1. The van der Waals surface area contributed by atoms with Crippen molar-refractivity contribution >= 4 is 33.3 Å². The van der Waals surface area contributed by atoms with Crippen LogP contribution in [0, 0.1) is 0 Å². The van der Waals surface area contributed by atoms with Gasteiger partial charge in [-0.3, -0.25) is 4.79 Å². The van der Waals surface area contributed by atoms with E-state index in [-0.39, 0.29) is 5.78 Å². The van der Waals surface area contributed by atoms with Gasteiger partial charge in [0, 0.05) is 23.2 Å². The quantitative estimate of drug-likeness (QED) is 0.751. The lowest BCUT2D eigenvalue weighted by Crippen LogP contribution is -2.02. The molecule has 1 rings (SSSR count). The molecule has 0 saturated carbocycles. The zero-order valence-electron chi connectivity index (χ0n) is 7.80. The molecule has 0 aliphatic heterocycles. The molecule has 0 heterocycles. The van der Waals surface area contributed by atoms with Crippen LogP contribution < -0.4 is 0 Å². The first kappa shape index (κ1) is 11.7. The summed E-state index contributed by atoms with van der Waals surface area (Å²) >= 11 is 8.86. The van der Waals surface area contributed by atoms with Crippen molar-refractivity contribution in [2.45, 2.75) is 19.3 Å². The molecule has 0 aliphatic rings. The molecule has 0 N–H and O–H groups in total. The molecule has 0 saturated heterocycles. The van der Waals surface area contributed by atoms with E-state index in [2.05, 4.69) is 15.9 Å². The van der Waals surface area contributed by atoms with Gasteiger partial charge in [-0.1, -0.05) is 28.1 Å². The minimum atomic E-state index is 0.257. The number of benzene rings is 1. The molecule has 0 bridgehead atoms. The lowest BCUT2D eigenvalue weighted by molar-refractivity contribution is -0.118. The van der Waals surface area contributed by atoms with Gasteiger partial charge >= 0.3 is 0 Å². The lowest BCUT2D eigenvalue weighted by Gasteiger charge is -2.00. The Morgan fingerprint density at radius 2 is 1.93 bits per heavy atom. The van der Waals surface area contributed by atoms with Crippen LogP contribution in [0.3, 0.4) is 0 Å². The topological polar surface area (TPSA) is 17.1 Å². The van der Waals surface area contributed by atoms with Crippen LogP contribution in [0.1, 0.15) is 18.4 Å². The van der Waals surface area contributed by atoms with Gasteiger partial charge in [0.2, 0.25) is 0 Å². The Kier molecular flexibility index (Phi) is 5.20. The zero-order chi connectivity index (χ0) is 10.4. The van der Waals surface area contributed by atoms with Crippen molar-refractivity contribution in [3.63, 3.8) is 0 Å². The third-order valence-corrected chi connectivity index (χ3v) is 2.70. The van der Waals surface area contributed by atoms with Gasteiger partial charge in [0.15, 0.2) is 0 Å². The summed E-state index contributed by atoms with van der Waals surface area (Å²) in [5, 5.41) is 0. The Morgan fingerprint density at radius 1 is 1.29 bits per heavy atom.